The number of para-hydroxylation sites is 1. The molecule has 0 unspecified atom stereocenters. The molecular weight excluding hydrogens is 397 g/mol. The summed E-state index contributed by atoms with van der Waals surface area (Å²) in [6, 6.07) is 12.0. The number of benzene rings is 1. The predicted molar refractivity (Wildman–Crippen MR) is 92.5 cm³/mol. The summed E-state index contributed by atoms with van der Waals surface area (Å²) in [5, 5.41) is 1.64. The van der Waals surface area contributed by atoms with Crippen molar-refractivity contribution in [1.82, 2.24) is 15.0 Å². The highest BCUT2D eigenvalue weighted by Gasteiger charge is 2.29. The normalized spacial score (nSPS) is 14.6. The van der Waals surface area contributed by atoms with E-state index in [2.05, 4.69) is 32.6 Å². The Balaban J connectivity index is 1.87. The first-order chi connectivity index (χ1) is 10.2. The fourth-order valence-electron chi connectivity index (χ4n) is 2.37. The fraction of sp³-hybridized carbons (Fsp3) is 0.188. The van der Waals surface area contributed by atoms with Crippen LogP contribution in [0.15, 0.2) is 36.4 Å². The molecule has 1 saturated carbocycles. The van der Waals surface area contributed by atoms with E-state index < -0.39 is 0 Å². The molecule has 0 radical (unpaired) electrons. The van der Waals surface area contributed by atoms with Crippen molar-refractivity contribution in [2.75, 3.05) is 0 Å². The molecule has 5 heteroatoms. The highest BCUT2D eigenvalue weighted by Crippen LogP contribution is 2.42. The van der Waals surface area contributed by atoms with Gasteiger partial charge in [0.2, 0.25) is 0 Å². The zero-order valence-corrected chi connectivity index (χ0v) is 14.0. The summed E-state index contributed by atoms with van der Waals surface area (Å²) in [6.07, 6.45) is 2.38. The highest BCUT2D eigenvalue weighted by atomic mass is 127. The fourth-order valence-corrected chi connectivity index (χ4v) is 3.23. The molecule has 1 aliphatic rings. The summed E-state index contributed by atoms with van der Waals surface area (Å²) in [4.78, 5) is 13.8. The van der Waals surface area contributed by atoms with Crippen LogP contribution in [-0.4, -0.2) is 15.0 Å². The Bertz CT molecular complexity index is 846. The SMILES string of the molecule is Clc1nc(-c2ccc3ccccc3n2)nc(C2CC2)c1I. The zero-order chi connectivity index (χ0) is 14.4. The summed E-state index contributed by atoms with van der Waals surface area (Å²) < 4.78 is 0.973. The average molecular weight is 408 g/mol. The van der Waals surface area contributed by atoms with Crippen LogP contribution in [0.3, 0.4) is 0 Å². The lowest BCUT2D eigenvalue weighted by Crippen LogP contribution is -2.00. The quantitative estimate of drug-likeness (QED) is 0.451. The first kappa shape index (κ1) is 13.4. The summed E-state index contributed by atoms with van der Waals surface area (Å²) in [7, 11) is 0. The van der Waals surface area contributed by atoms with Crippen LogP contribution in [0.4, 0.5) is 0 Å². The molecule has 2 heterocycles. The first-order valence-corrected chi connectivity index (χ1v) is 8.27. The van der Waals surface area contributed by atoms with Gasteiger partial charge in [-0.25, -0.2) is 15.0 Å². The van der Waals surface area contributed by atoms with Crippen molar-refractivity contribution in [3.05, 3.63) is 50.8 Å². The second-order valence-corrected chi connectivity index (χ2v) is 6.64. The zero-order valence-electron chi connectivity index (χ0n) is 11.1. The maximum absolute atomic E-state index is 6.27. The number of hydrogen-bond acceptors (Lipinski definition) is 3. The predicted octanol–water partition coefficient (Wildman–Crippen LogP) is 4.83. The van der Waals surface area contributed by atoms with Crippen molar-refractivity contribution in [1.29, 1.82) is 0 Å². The van der Waals surface area contributed by atoms with E-state index in [1.54, 1.807) is 0 Å². The van der Waals surface area contributed by atoms with Crippen molar-refractivity contribution < 1.29 is 0 Å². The molecule has 0 spiro atoms. The van der Waals surface area contributed by atoms with Crippen molar-refractivity contribution in [2.24, 2.45) is 0 Å². The van der Waals surface area contributed by atoms with Crippen LogP contribution in [0, 0.1) is 3.57 Å². The summed E-state index contributed by atoms with van der Waals surface area (Å²) in [6.45, 7) is 0. The molecule has 21 heavy (non-hydrogen) atoms. The molecule has 0 atom stereocenters. The Kier molecular flexibility index (Phi) is 3.30. The average Bonchev–Trinajstić information content (AvgIpc) is 3.34. The van der Waals surface area contributed by atoms with Gasteiger partial charge in [-0.05, 0) is 47.6 Å². The Morgan fingerprint density at radius 2 is 1.81 bits per heavy atom. The molecule has 0 bridgehead atoms. The third-order valence-electron chi connectivity index (χ3n) is 3.63. The van der Waals surface area contributed by atoms with Gasteiger partial charge in [-0.15, -0.1) is 0 Å². The molecule has 1 aliphatic carbocycles. The first-order valence-electron chi connectivity index (χ1n) is 6.81. The number of pyridine rings is 1. The molecular formula is C16H11ClIN3. The summed E-state index contributed by atoms with van der Waals surface area (Å²) in [5.74, 6) is 1.16. The third-order valence-corrected chi connectivity index (χ3v) is 5.28. The van der Waals surface area contributed by atoms with Gasteiger partial charge in [-0.3, -0.25) is 0 Å². The van der Waals surface area contributed by atoms with E-state index in [1.807, 2.05) is 36.4 Å². The Labute approximate surface area is 140 Å². The molecule has 2 aromatic heterocycles. The van der Waals surface area contributed by atoms with Gasteiger partial charge in [0.15, 0.2) is 5.82 Å². The second-order valence-electron chi connectivity index (χ2n) is 5.20. The number of halogens is 2. The minimum atomic E-state index is 0.525. The van der Waals surface area contributed by atoms with Gasteiger partial charge in [0.25, 0.3) is 0 Å². The number of rotatable bonds is 2. The van der Waals surface area contributed by atoms with Crippen LogP contribution in [0.2, 0.25) is 5.15 Å². The van der Waals surface area contributed by atoms with Gasteiger partial charge < -0.3 is 0 Å². The van der Waals surface area contributed by atoms with Crippen LogP contribution in [0.5, 0.6) is 0 Å². The van der Waals surface area contributed by atoms with E-state index >= 15 is 0 Å². The number of aromatic nitrogens is 3. The Hall–Kier alpha value is -1.27. The minimum Gasteiger partial charge on any atom is -0.244 e. The molecule has 0 N–H and O–H groups in total. The van der Waals surface area contributed by atoms with Crippen molar-refractivity contribution in [3.63, 3.8) is 0 Å². The number of hydrogen-bond donors (Lipinski definition) is 0. The molecule has 3 aromatic rings. The van der Waals surface area contributed by atoms with E-state index in [-0.39, 0.29) is 0 Å². The van der Waals surface area contributed by atoms with Gasteiger partial charge in [-0.1, -0.05) is 35.9 Å². The Morgan fingerprint density at radius 3 is 2.62 bits per heavy atom. The number of fused-ring (bicyclic) bond motifs is 1. The molecule has 4 rings (SSSR count). The molecule has 1 aromatic carbocycles. The van der Waals surface area contributed by atoms with E-state index in [1.165, 1.54) is 12.8 Å². The number of nitrogens with zero attached hydrogens (tertiary/aromatic N) is 3. The van der Waals surface area contributed by atoms with Crippen LogP contribution >= 0.6 is 34.2 Å². The topological polar surface area (TPSA) is 38.7 Å². The van der Waals surface area contributed by atoms with Crippen LogP contribution in [0.1, 0.15) is 24.5 Å². The summed E-state index contributed by atoms with van der Waals surface area (Å²) >= 11 is 8.51. The molecule has 0 amide bonds. The lowest BCUT2D eigenvalue weighted by Gasteiger charge is -2.07. The molecule has 104 valence electrons. The van der Waals surface area contributed by atoms with E-state index in [0.29, 0.717) is 16.9 Å². The maximum atomic E-state index is 6.27. The van der Waals surface area contributed by atoms with Gasteiger partial charge in [-0.2, -0.15) is 0 Å². The van der Waals surface area contributed by atoms with Crippen LogP contribution < -0.4 is 0 Å². The van der Waals surface area contributed by atoms with Crippen molar-refractivity contribution in [2.45, 2.75) is 18.8 Å². The standard InChI is InChI=1S/C16H11ClIN3/c17-15-13(18)14(10-5-6-10)20-16(21-15)12-8-7-9-3-1-2-4-11(9)19-12/h1-4,7-8,10H,5-6H2. The van der Waals surface area contributed by atoms with Crippen LogP contribution in [-0.2, 0) is 0 Å². The maximum Gasteiger partial charge on any atom is 0.179 e. The highest BCUT2D eigenvalue weighted by molar-refractivity contribution is 14.1. The molecule has 0 saturated heterocycles. The van der Waals surface area contributed by atoms with E-state index in [9.17, 15) is 0 Å². The Morgan fingerprint density at radius 1 is 1.00 bits per heavy atom. The van der Waals surface area contributed by atoms with E-state index in [4.69, 9.17) is 16.6 Å². The monoisotopic (exact) mass is 407 g/mol. The third kappa shape index (κ3) is 2.51. The van der Waals surface area contributed by atoms with Gasteiger partial charge in [0.05, 0.1) is 14.8 Å². The van der Waals surface area contributed by atoms with E-state index in [0.717, 1.165) is 25.9 Å². The van der Waals surface area contributed by atoms with Gasteiger partial charge in [0.1, 0.15) is 10.8 Å². The molecule has 1 fully saturated rings. The smallest absolute Gasteiger partial charge is 0.179 e. The second kappa shape index (κ2) is 5.18. The van der Waals surface area contributed by atoms with Crippen molar-refractivity contribution in [3.8, 4) is 11.5 Å². The van der Waals surface area contributed by atoms with Gasteiger partial charge >= 0.3 is 0 Å². The lowest BCUT2D eigenvalue weighted by molar-refractivity contribution is 0.973. The minimum absolute atomic E-state index is 0.525. The summed E-state index contributed by atoms with van der Waals surface area (Å²) in [5.41, 5.74) is 2.79. The largest absolute Gasteiger partial charge is 0.244 e. The molecule has 3 nitrogen and oxygen atoms in total. The van der Waals surface area contributed by atoms with Crippen molar-refractivity contribution >= 4 is 45.1 Å². The van der Waals surface area contributed by atoms with Gasteiger partial charge in [0, 0.05) is 11.3 Å². The lowest BCUT2D eigenvalue weighted by atomic mass is 10.2. The molecule has 0 aliphatic heterocycles. The van der Waals surface area contributed by atoms with Crippen LogP contribution in [0.25, 0.3) is 22.4 Å².